The molecule has 0 spiro atoms. The summed E-state index contributed by atoms with van der Waals surface area (Å²) in [5.74, 6) is 0.258. The molecule has 8 heteroatoms. The van der Waals surface area contributed by atoms with Crippen molar-refractivity contribution in [3.05, 3.63) is 98.4 Å². The zero-order valence-corrected chi connectivity index (χ0v) is 20.4. The number of hydrogen-bond donors (Lipinski definition) is 2. The normalized spacial score (nSPS) is 14.7. The van der Waals surface area contributed by atoms with Crippen molar-refractivity contribution in [1.82, 2.24) is 10.9 Å². The van der Waals surface area contributed by atoms with Crippen LogP contribution in [-0.2, 0) is 10.3 Å². The molecule has 1 heterocycles. The predicted octanol–water partition coefficient (Wildman–Crippen LogP) is 4.96. The highest BCUT2D eigenvalue weighted by atomic mass is 79.9. The molecule has 3 aromatic rings. The SMILES string of the molecule is COc1c(Br)cc(Br)cc1C=NNC(=O)C1=NNC(c2ccccc2)(c2ccccc2)C1. The van der Waals surface area contributed by atoms with E-state index in [0.29, 0.717) is 23.4 Å². The van der Waals surface area contributed by atoms with Crippen molar-refractivity contribution in [3.8, 4) is 5.75 Å². The Labute approximate surface area is 203 Å². The lowest BCUT2D eigenvalue weighted by molar-refractivity contribution is -0.114. The molecule has 0 radical (unpaired) electrons. The Morgan fingerprint density at radius 1 is 1.09 bits per heavy atom. The molecule has 1 amide bonds. The van der Waals surface area contributed by atoms with Gasteiger partial charge in [0.15, 0.2) is 0 Å². The summed E-state index contributed by atoms with van der Waals surface area (Å²) in [4.78, 5) is 12.8. The zero-order valence-electron chi connectivity index (χ0n) is 17.2. The maximum atomic E-state index is 12.8. The molecule has 0 unspecified atom stereocenters. The summed E-state index contributed by atoms with van der Waals surface area (Å²) in [6, 6.07) is 23.7. The van der Waals surface area contributed by atoms with Crippen LogP contribution in [0.1, 0.15) is 23.1 Å². The molecule has 4 rings (SSSR count). The first kappa shape index (κ1) is 22.2. The van der Waals surface area contributed by atoms with Crippen LogP contribution >= 0.6 is 31.9 Å². The number of benzene rings is 3. The maximum Gasteiger partial charge on any atom is 0.287 e. The molecule has 0 fully saturated rings. The summed E-state index contributed by atoms with van der Waals surface area (Å²) in [6.07, 6.45) is 1.94. The topological polar surface area (TPSA) is 75.1 Å². The molecule has 0 aromatic heterocycles. The van der Waals surface area contributed by atoms with Crippen molar-refractivity contribution in [1.29, 1.82) is 0 Å². The van der Waals surface area contributed by atoms with E-state index in [-0.39, 0.29) is 5.91 Å². The van der Waals surface area contributed by atoms with Crippen LogP contribution in [0.25, 0.3) is 0 Å². The van der Waals surface area contributed by atoms with Gasteiger partial charge in [-0.2, -0.15) is 10.2 Å². The molecule has 1 aliphatic heterocycles. The molecule has 0 bridgehead atoms. The average Bonchev–Trinajstić information content (AvgIpc) is 3.27. The highest BCUT2D eigenvalue weighted by Gasteiger charge is 2.41. The van der Waals surface area contributed by atoms with Crippen molar-refractivity contribution in [3.63, 3.8) is 0 Å². The van der Waals surface area contributed by atoms with Gasteiger partial charge in [0.05, 0.1) is 17.8 Å². The third kappa shape index (κ3) is 4.47. The van der Waals surface area contributed by atoms with Crippen LogP contribution in [0, 0.1) is 0 Å². The van der Waals surface area contributed by atoms with Crippen molar-refractivity contribution >= 4 is 49.7 Å². The first-order chi connectivity index (χ1) is 15.5. The lowest BCUT2D eigenvalue weighted by Crippen LogP contribution is -2.38. The monoisotopic (exact) mass is 554 g/mol. The van der Waals surface area contributed by atoms with E-state index in [0.717, 1.165) is 20.1 Å². The molecule has 0 saturated carbocycles. The molecule has 3 aromatic carbocycles. The number of carbonyl (C=O) groups is 1. The summed E-state index contributed by atoms with van der Waals surface area (Å²) in [6.45, 7) is 0. The van der Waals surface area contributed by atoms with E-state index in [1.807, 2.05) is 72.8 Å². The molecule has 162 valence electrons. The minimum Gasteiger partial charge on any atom is -0.495 e. The molecule has 6 nitrogen and oxygen atoms in total. The standard InChI is InChI=1S/C24H20Br2N4O2/c1-32-22-16(12-19(25)13-20(22)26)15-27-29-23(31)21-14-24(30-28-21,17-8-4-2-5-9-17)18-10-6-3-7-11-18/h2-13,15,30H,14H2,1H3,(H,29,31). The molecule has 0 aliphatic carbocycles. The minimum absolute atomic E-state index is 0.365. The Balaban J connectivity index is 1.53. The summed E-state index contributed by atoms with van der Waals surface area (Å²) in [5.41, 5.74) is 8.33. The van der Waals surface area contributed by atoms with E-state index in [1.54, 1.807) is 7.11 Å². The van der Waals surface area contributed by atoms with Gasteiger partial charge in [-0.15, -0.1) is 0 Å². The summed E-state index contributed by atoms with van der Waals surface area (Å²) in [7, 11) is 1.58. The van der Waals surface area contributed by atoms with Crippen molar-refractivity contribution in [2.24, 2.45) is 10.2 Å². The fraction of sp³-hybridized carbons (Fsp3) is 0.125. The van der Waals surface area contributed by atoms with Crippen LogP contribution < -0.4 is 15.6 Å². The lowest BCUT2D eigenvalue weighted by Gasteiger charge is -2.30. The quantitative estimate of drug-likeness (QED) is 0.333. The maximum absolute atomic E-state index is 12.8. The van der Waals surface area contributed by atoms with E-state index in [2.05, 4.69) is 52.9 Å². The Hall–Kier alpha value is -2.97. The number of nitrogens with one attached hydrogen (secondary N) is 2. The summed E-state index contributed by atoms with van der Waals surface area (Å²) < 4.78 is 7.05. The van der Waals surface area contributed by atoms with Crippen molar-refractivity contribution < 1.29 is 9.53 Å². The van der Waals surface area contributed by atoms with Crippen LogP contribution in [-0.4, -0.2) is 24.9 Å². The number of ether oxygens (including phenoxy) is 1. The molecule has 0 saturated heterocycles. The highest BCUT2D eigenvalue weighted by Crippen LogP contribution is 2.36. The number of hydrazone groups is 2. The van der Waals surface area contributed by atoms with Gasteiger partial charge >= 0.3 is 0 Å². The highest BCUT2D eigenvalue weighted by molar-refractivity contribution is 9.11. The number of hydrogen-bond acceptors (Lipinski definition) is 5. The second-order valence-electron chi connectivity index (χ2n) is 7.19. The molecule has 1 aliphatic rings. The van der Waals surface area contributed by atoms with E-state index in [1.165, 1.54) is 6.21 Å². The Morgan fingerprint density at radius 2 is 1.72 bits per heavy atom. The van der Waals surface area contributed by atoms with E-state index >= 15 is 0 Å². The molecule has 32 heavy (non-hydrogen) atoms. The van der Waals surface area contributed by atoms with Gasteiger partial charge in [0, 0.05) is 16.5 Å². The van der Waals surface area contributed by atoms with Crippen molar-refractivity contribution in [2.75, 3.05) is 7.11 Å². The van der Waals surface area contributed by atoms with E-state index in [9.17, 15) is 4.79 Å². The molecular formula is C24H20Br2N4O2. The Morgan fingerprint density at radius 3 is 2.31 bits per heavy atom. The average molecular weight is 556 g/mol. The smallest absolute Gasteiger partial charge is 0.287 e. The van der Waals surface area contributed by atoms with Crippen LogP contribution in [0.3, 0.4) is 0 Å². The fourth-order valence-corrected chi connectivity index (χ4v) is 5.11. The van der Waals surface area contributed by atoms with E-state index in [4.69, 9.17) is 4.74 Å². The summed E-state index contributed by atoms with van der Waals surface area (Å²) in [5, 5.41) is 8.49. The predicted molar refractivity (Wildman–Crippen MR) is 133 cm³/mol. The van der Waals surface area contributed by atoms with Gasteiger partial charge in [-0.05, 0) is 39.2 Å². The number of nitrogens with zero attached hydrogens (tertiary/aromatic N) is 2. The van der Waals surface area contributed by atoms with Crippen LogP contribution in [0.2, 0.25) is 0 Å². The first-order valence-electron chi connectivity index (χ1n) is 9.85. The summed E-state index contributed by atoms with van der Waals surface area (Å²) >= 11 is 6.90. The number of carbonyl (C=O) groups excluding carboxylic acids is 1. The lowest BCUT2D eigenvalue weighted by atomic mass is 9.80. The Kier molecular flexibility index (Phi) is 6.72. The van der Waals surface area contributed by atoms with E-state index < -0.39 is 5.54 Å². The van der Waals surface area contributed by atoms with Gasteiger partial charge in [-0.25, -0.2) is 5.43 Å². The van der Waals surface area contributed by atoms with Gasteiger partial charge in [0.25, 0.3) is 5.91 Å². The van der Waals surface area contributed by atoms with Gasteiger partial charge in [-0.3, -0.25) is 10.2 Å². The van der Waals surface area contributed by atoms with Crippen LogP contribution in [0.4, 0.5) is 0 Å². The van der Waals surface area contributed by atoms with Gasteiger partial charge in [0.2, 0.25) is 0 Å². The zero-order chi connectivity index (χ0) is 22.6. The minimum atomic E-state index is -0.614. The van der Waals surface area contributed by atoms with Gasteiger partial charge in [0.1, 0.15) is 17.0 Å². The third-order valence-corrected chi connectivity index (χ3v) is 6.27. The second kappa shape index (κ2) is 9.67. The molecular weight excluding hydrogens is 536 g/mol. The first-order valence-corrected chi connectivity index (χ1v) is 11.4. The fourth-order valence-electron chi connectivity index (χ4n) is 3.69. The third-order valence-electron chi connectivity index (χ3n) is 5.22. The number of halogens is 2. The number of rotatable bonds is 6. The number of amides is 1. The molecule has 2 N–H and O–H groups in total. The largest absolute Gasteiger partial charge is 0.495 e. The van der Waals surface area contributed by atoms with Crippen molar-refractivity contribution in [2.45, 2.75) is 12.0 Å². The van der Waals surface area contributed by atoms with Crippen LogP contribution in [0.15, 0.2) is 91.9 Å². The molecule has 0 atom stereocenters. The Bertz CT molecular complexity index is 1140. The van der Waals surface area contributed by atoms with Crippen LogP contribution in [0.5, 0.6) is 5.75 Å². The number of methoxy groups -OCH3 is 1. The second-order valence-corrected chi connectivity index (χ2v) is 8.96. The van der Waals surface area contributed by atoms with Gasteiger partial charge in [-0.1, -0.05) is 76.6 Å². The van der Waals surface area contributed by atoms with Gasteiger partial charge < -0.3 is 4.74 Å².